The number of nitrogens with zero attached hydrogens (tertiary/aromatic N) is 2. The first-order valence-corrected chi connectivity index (χ1v) is 10.4. The number of likely N-dealkylation sites (N-methyl/N-ethyl adjacent to an activating group) is 1. The quantitative estimate of drug-likeness (QED) is 0.587. The van der Waals surface area contributed by atoms with Gasteiger partial charge in [-0.3, -0.25) is 0 Å². The fraction of sp³-hybridized carbons (Fsp3) is 0.263. The lowest BCUT2D eigenvalue weighted by Crippen LogP contribution is -2.20. The number of hydrogen-bond donors (Lipinski definition) is 0. The van der Waals surface area contributed by atoms with Crippen molar-refractivity contribution in [2.75, 3.05) is 27.2 Å². The van der Waals surface area contributed by atoms with E-state index in [0.717, 1.165) is 11.9 Å². The maximum Gasteiger partial charge on any atom is 0.269 e. The lowest BCUT2D eigenvalue weighted by Gasteiger charge is -2.13. The van der Waals surface area contributed by atoms with Crippen LogP contribution in [0, 0.1) is 6.92 Å². The number of fused-ring (bicyclic) bond motifs is 1. The van der Waals surface area contributed by atoms with Gasteiger partial charge in [-0.2, -0.15) is 0 Å². The van der Waals surface area contributed by atoms with E-state index in [0.29, 0.717) is 28.0 Å². The average Bonchev–Trinajstić information content (AvgIpc) is 2.87. The van der Waals surface area contributed by atoms with Gasteiger partial charge in [-0.25, -0.2) is 12.4 Å². The molecule has 0 fully saturated rings. The Morgan fingerprint density at radius 3 is 2.42 bits per heavy atom. The summed E-state index contributed by atoms with van der Waals surface area (Å²) in [4.78, 5) is 2.25. The smallest absolute Gasteiger partial charge is 0.269 e. The van der Waals surface area contributed by atoms with Gasteiger partial charge in [0.25, 0.3) is 10.0 Å². The van der Waals surface area contributed by atoms with Gasteiger partial charge in [0, 0.05) is 16.4 Å². The van der Waals surface area contributed by atoms with Crippen LogP contribution in [-0.2, 0) is 10.0 Å². The van der Waals surface area contributed by atoms with E-state index >= 15 is 0 Å². The van der Waals surface area contributed by atoms with Crippen molar-refractivity contribution in [1.29, 1.82) is 0 Å². The molecule has 0 unspecified atom stereocenters. The molecule has 7 heteroatoms. The van der Waals surface area contributed by atoms with Crippen molar-refractivity contribution in [1.82, 2.24) is 8.87 Å². The fourth-order valence-corrected chi connectivity index (χ4v) is 5.41. The van der Waals surface area contributed by atoms with E-state index in [1.807, 2.05) is 37.2 Å². The minimum Gasteiger partial charge on any atom is -0.490 e. The Balaban J connectivity index is 2.18. The van der Waals surface area contributed by atoms with Crippen LogP contribution in [0.2, 0.25) is 0 Å². The van der Waals surface area contributed by atoms with Crippen LogP contribution in [0.4, 0.5) is 0 Å². The Kier molecular flexibility index (Phi) is 5.41. The highest BCUT2D eigenvalue weighted by Crippen LogP contribution is 2.36. The second-order valence-electron chi connectivity index (χ2n) is 6.28. The maximum absolute atomic E-state index is 13.4. The molecule has 0 spiro atoms. The molecule has 0 bridgehead atoms. The van der Waals surface area contributed by atoms with E-state index < -0.39 is 10.0 Å². The molecule has 2 aromatic carbocycles. The summed E-state index contributed by atoms with van der Waals surface area (Å²) in [6, 6.07) is 14.2. The van der Waals surface area contributed by atoms with Crippen molar-refractivity contribution in [2.24, 2.45) is 0 Å². The Hall–Kier alpha value is -1.83. The third-order valence-electron chi connectivity index (χ3n) is 4.14. The summed E-state index contributed by atoms with van der Waals surface area (Å²) in [6.07, 6.45) is 0. The molecule has 1 aromatic heterocycles. The molecule has 0 amide bonds. The van der Waals surface area contributed by atoms with Crippen LogP contribution >= 0.6 is 15.9 Å². The molecule has 0 aliphatic heterocycles. The first-order chi connectivity index (χ1) is 12.3. The van der Waals surface area contributed by atoms with Gasteiger partial charge in [0.1, 0.15) is 17.3 Å². The summed E-state index contributed by atoms with van der Waals surface area (Å²) in [6.45, 7) is 3.01. The molecular weight excluding hydrogens is 416 g/mol. The third kappa shape index (κ3) is 3.39. The predicted molar refractivity (Wildman–Crippen MR) is 107 cm³/mol. The number of aromatic nitrogens is 1. The van der Waals surface area contributed by atoms with Crippen molar-refractivity contribution >= 4 is 36.9 Å². The number of benzene rings is 2. The molecule has 1 heterocycles. The lowest BCUT2D eigenvalue weighted by molar-refractivity contribution is 0.262. The summed E-state index contributed by atoms with van der Waals surface area (Å²) in [5.74, 6) is 0.609. The van der Waals surface area contributed by atoms with Crippen molar-refractivity contribution in [3.8, 4) is 5.75 Å². The van der Waals surface area contributed by atoms with Gasteiger partial charge in [0.2, 0.25) is 0 Å². The van der Waals surface area contributed by atoms with Gasteiger partial charge in [-0.1, -0.05) is 24.3 Å². The molecule has 0 saturated heterocycles. The van der Waals surface area contributed by atoms with Gasteiger partial charge in [-0.15, -0.1) is 0 Å². The van der Waals surface area contributed by atoms with Gasteiger partial charge in [0.05, 0.1) is 11.2 Å². The number of ether oxygens (including phenoxy) is 1. The summed E-state index contributed by atoms with van der Waals surface area (Å²) in [5.41, 5.74) is 1.18. The number of para-hydroxylation sites is 1. The number of hydrogen-bond acceptors (Lipinski definition) is 4. The molecule has 138 valence electrons. The zero-order valence-electron chi connectivity index (χ0n) is 14.9. The van der Waals surface area contributed by atoms with E-state index in [2.05, 4.69) is 15.9 Å². The predicted octanol–water partition coefficient (Wildman–Crippen LogP) is 3.89. The summed E-state index contributed by atoms with van der Waals surface area (Å²) in [7, 11) is 0.170. The fourth-order valence-electron chi connectivity index (χ4n) is 2.89. The molecule has 0 N–H and O–H groups in total. The Labute approximate surface area is 162 Å². The van der Waals surface area contributed by atoms with E-state index in [1.165, 1.54) is 3.97 Å². The Morgan fingerprint density at radius 2 is 1.73 bits per heavy atom. The van der Waals surface area contributed by atoms with Crippen LogP contribution in [0.3, 0.4) is 0 Å². The van der Waals surface area contributed by atoms with E-state index in [-0.39, 0.29) is 4.90 Å². The Morgan fingerprint density at radius 1 is 1.08 bits per heavy atom. The molecule has 3 aromatic rings. The first kappa shape index (κ1) is 18.9. The lowest BCUT2D eigenvalue weighted by atomic mass is 10.2. The molecule has 0 aliphatic carbocycles. The zero-order chi connectivity index (χ0) is 18.9. The van der Waals surface area contributed by atoms with Crippen molar-refractivity contribution in [2.45, 2.75) is 11.8 Å². The number of rotatable bonds is 6. The van der Waals surface area contributed by atoms with Crippen LogP contribution in [0.15, 0.2) is 57.9 Å². The number of halogens is 1. The van der Waals surface area contributed by atoms with E-state index in [9.17, 15) is 8.42 Å². The van der Waals surface area contributed by atoms with Crippen LogP contribution in [0.5, 0.6) is 5.75 Å². The second kappa shape index (κ2) is 7.42. The molecule has 3 rings (SSSR count). The molecule has 0 atom stereocenters. The molecule has 0 saturated carbocycles. The van der Waals surface area contributed by atoms with Crippen molar-refractivity contribution < 1.29 is 13.2 Å². The summed E-state index contributed by atoms with van der Waals surface area (Å²) >= 11 is 3.35. The molecule has 0 aliphatic rings. The topological polar surface area (TPSA) is 51.5 Å². The highest BCUT2D eigenvalue weighted by atomic mass is 79.9. The average molecular weight is 437 g/mol. The standard InChI is InChI=1S/C19H21BrN2O3S/c1-14-19(25-13-12-21(2)3)15-8-4-6-10-17(15)22(14)26(23,24)18-11-7-5-9-16(18)20/h4-11H,12-13H2,1-3H3. The van der Waals surface area contributed by atoms with Gasteiger partial charge < -0.3 is 9.64 Å². The molecule has 5 nitrogen and oxygen atoms in total. The second-order valence-corrected chi connectivity index (χ2v) is 8.89. The zero-order valence-corrected chi connectivity index (χ0v) is 17.3. The summed E-state index contributed by atoms with van der Waals surface area (Å²) in [5, 5.41) is 0.791. The normalized spacial score (nSPS) is 12.0. The maximum atomic E-state index is 13.4. The minimum absolute atomic E-state index is 0.226. The van der Waals surface area contributed by atoms with Crippen LogP contribution in [-0.4, -0.2) is 44.5 Å². The highest BCUT2D eigenvalue weighted by molar-refractivity contribution is 9.10. The Bertz CT molecular complexity index is 1040. The van der Waals surface area contributed by atoms with Crippen LogP contribution in [0.1, 0.15) is 5.69 Å². The van der Waals surface area contributed by atoms with Gasteiger partial charge in [-0.05, 0) is 61.2 Å². The summed E-state index contributed by atoms with van der Waals surface area (Å²) < 4.78 is 34.6. The SMILES string of the molecule is Cc1c(OCCN(C)C)c2ccccc2n1S(=O)(=O)c1ccccc1Br. The van der Waals surface area contributed by atoms with E-state index in [1.54, 1.807) is 37.3 Å². The van der Waals surface area contributed by atoms with Crippen molar-refractivity contribution in [3.63, 3.8) is 0 Å². The largest absolute Gasteiger partial charge is 0.490 e. The van der Waals surface area contributed by atoms with Crippen LogP contribution in [0.25, 0.3) is 10.9 Å². The molecular formula is C19H21BrN2O3S. The highest BCUT2D eigenvalue weighted by Gasteiger charge is 2.27. The first-order valence-electron chi connectivity index (χ1n) is 8.21. The monoisotopic (exact) mass is 436 g/mol. The third-order valence-corrected chi connectivity index (χ3v) is 6.96. The van der Waals surface area contributed by atoms with Crippen LogP contribution < -0.4 is 4.74 Å². The van der Waals surface area contributed by atoms with Gasteiger partial charge >= 0.3 is 0 Å². The van der Waals surface area contributed by atoms with Gasteiger partial charge in [0.15, 0.2) is 0 Å². The molecule has 26 heavy (non-hydrogen) atoms. The molecule has 0 radical (unpaired) electrons. The van der Waals surface area contributed by atoms with E-state index in [4.69, 9.17) is 4.74 Å². The minimum atomic E-state index is -3.77. The van der Waals surface area contributed by atoms with Crippen molar-refractivity contribution in [3.05, 3.63) is 58.7 Å².